The van der Waals surface area contributed by atoms with E-state index in [2.05, 4.69) is 18.5 Å². The smallest absolute Gasteiger partial charge is 0.0126 e. The van der Waals surface area contributed by atoms with Crippen molar-refractivity contribution < 1.29 is 0 Å². The van der Waals surface area contributed by atoms with Crippen molar-refractivity contribution in [3.8, 4) is 0 Å². The van der Waals surface area contributed by atoms with Crippen LogP contribution in [0.3, 0.4) is 0 Å². The zero-order valence-corrected chi connectivity index (χ0v) is 6.59. The average Bonchev–Trinajstić information content (AvgIpc) is 1.94. The molecule has 2 N–H and O–H groups in total. The van der Waals surface area contributed by atoms with Crippen LogP contribution in [0, 0.1) is 5.92 Å². The molecular formula is C8H16N2. The minimum atomic E-state index is 0.341. The average molecular weight is 140 g/mol. The Morgan fingerprint density at radius 2 is 2.40 bits per heavy atom. The lowest BCUT2D eigenvalue weighted by Crippen LogP contribution is -2.44. The zero-order valence-electron chi connectivity index (χ0n) is 6.59. The monoisotopic (exact) mass is 140 g/mol. The quantitative estimate of drug-likeness (QED) is 0.536. The largest absolute Gasteiger partial charge is 0.327 e. The molecule has 1 heterocycles. The Kier molecular flexibility index (Phi) is 2.46. The van der Waals surface area contributed by atoms with E-state index in [-0.39, 0.29) is 0 Å². The Bertz CT molecular complexity index is 122. The van der Waals surface area contributed by atoms with E-state index in [1.54, 1.807) is 0 Å². The fourth-order valence-electron chi connectivity index (χ4n) is 1.42. The molecule has 2 atom stereocenters. The van der Waals surface area contributed by atoms with Crippen LogP contribution in [0.1, 0.15) is 6.42 Å². The third kappa shape index (κ3) is 1.58. The highest BCUT2D eigenvalue weighted by molar-refractivity contribution is 4.92. The lowest BCUT2D eigenvalue weighted by molar-refractivity contribution is 0.214. The van der Waals surface area contributed by atoms with Crippen molar-refractivity contribution in [2.24, 2.45) is 11.7 Å². The summed E-state index contributed by atoms with van der Waals surface area (Å²) in [7, 11) is 2.13. The summed E-state index contributed by atoms with van der Waals surface area (Å²) in [6.07, 6.45) is 3.08. The maximum atomic E-state index is 5.85. The van der Waals surface area contributed by atoms with E-state index in [4.69, 9.17) is 5.73 Å². The summed E-state index contributed by atoms with van der Waals surface area (Å²) < 4.78 is 0. The van der Waals surface area contributed by atoms with E-state index in [0.29, 0.717) is 12.0 Å². The Morgan fingerprint density at radius 1 is 1.70 bits per heavy atom. The molecular weight excluding hydrogens is 124 g/mol. The molecule has 0 aromatic rings. The Labute approximate surface area is 62.7 Å². The van der Waals surface area contributed by atoms with Crippen molar-refractivity contribution >= 4 is 0 Å². The molecule has 10 heavy (non-hydrogen) atoms. The number of hydrogen-bond donors (Lipinski definition) is 1. The fraction of sp³-hybridized carbons (Fsp3) is 0.750. The first-order valence-electron chi connectivity index (χ1n) is 3.80. The van der Waals surface area contributed by atoms with E-state index in [0.717, 1.165) is 19.5 Å². The van der Waals surface area contributed by atoms with Gasteiger partial charge < -0.3 is 10.6 Å². The van der Waals surface area contributed by atoms with Gasteiger partial charge in [0.1, 0.15) is 0 Å². The van der Waals surface area contributed by atoms with Gasteiger partial charge in [0.25, 0.3) is 0 Å². The van der Waals surface area contributed by atoms with Crippen LogP contribution < -0.4 is 5.73 Å². The second kappa shape index (κ2) is 3.17. The summed E-state index contributed by atoms with van der Waals surface area (Å²) in [6.45, 7) is 5.97. The molecule has 0 radical (unpaired) electrons. The van der Waals surface area contributed by atoms with E-state index >= 15 is 0 Å². The zero-order chi connectivity index (χ0) is 7.56. The van der Waals surface area contributed by atoms with Crippen LogP contribution >= 0.6 is 0 Å². The summed E-state index contributed by atoms with van der Waals surface area (Å²) in [4.78, 5) is 2.30. The van der Waals surface area contributed by atoms with Gasteiger partial charge in [0.2, 0.25) is 0 Å². The molecule has 2 nitrogen and oxygen atoms in total. The maximum absolute atomic E-state index is 5.85. The lowest BCUT2D eigenvalue weighted by Gasteiger charge is -2.32. The molecule has 2 unspecified atom stereocenters. The normalized spacial score (nSPS) is 35.8. The molecule has 0 spiro atoms. The van der Waals surface area contributed by atoms with Crippen LogP contribution in [0.5, 0.6) is 0 Å². The standard InChI is InChI=1S/C8H16N2/c1-3-7-6-10(2)5-4-8(7)9/h3,7-8H,1,4-6,9H2,2H3. The SMILES string of the molecule is C=CC1CN(C)CCC1N. The van der Waals surface area contributed by atoms with Gasteiger partial charge in [-0.2, -0.15) is 0 Å². The van der Waals surface area contributed by atoms with Crippen LogP contribution in [0.4, 0.5) is 0 Å². The molecule has 1 aliphatic heterocycles. The summed E-state index contributed by atoms with van der Waals surface area (Å²) >= 11 is 0. The minimum Gasteiger partial charge on any atom is -0.327 e. The third-order valence-corrected chi connectivity index (χ3v) is 2.22. The topological polar surface area (TPSA) is 29.3 Å². The molecule has 0 amide bonds. The first-order valence-corrected chi connectivity index (χ1v) is 3.80. The number of piperidine rings is 1. The fourth-order valence-corrected chi connectivity index (χ4v) is 1.42. The van der Waals surface area contributed by atoms with Crippen LogP contribution in [0.2, 0.25) is 0 Å². The Balaban J connectivity index is 2.45. The summed E-state index contributed by atoms with van der Waals surface area (Å²) in [6, 6.07) is 0.341. The summed E-state index contributed by atoms with van der Waals surface area (Å²) in [5, 5.41) is 0. The maximum Gasteiger partial charge on any atom is 0.0126 e. The van der Waals surface area contributed by atoms with Crippen LogP contribution in [-0.2, 0) is 0 Å². The van der Waals surface area contributed by atoms with Gasteiger partial charge >= 0.3 is 0 Å². The van der Waals surface area contributed by atoms with Gasteiger partial charge in [-0.25, -0.2) is 0 Å². The molecule has 1 fully saturated rings. The van der Waals surface area contributed by atoms with Gasteiger partial charge in [-0.1, -0.05) is 6.08 Å². The predicted octanol–water partition coefficient (Wildman–Crippen LogP) is 0.451. The van der Waals surface area contributed by atoms with Gasteiger partial charge in [-0.3, -0.25) is 0 Å². The summed E-state index contributed by atoms with van der Waals surface area (Å²) in [5.74, 6) is 0.499. The first kappa shape index (κ1) is 7.76. The Morgan fingerprint density at radius 3 is 2.90 bits per heavy atom. The predicted molar refractivity (Wildman–Crippen MR) is 43.8 cm³/mol. The van der Waals surface area contributed by atoms with Gasteiger partial charge in [0.15, 0.2) is 0 Å². The lowest BCUT2D eigenvalue weighted by atomic mass is 9.93. The van der Waals surface area contributed by atoms with Gasteiger partial charge in [-0.15, -0.1) is 6.58 Å². The Hall–Kier alpha value is -0.340. The molecule has 0 saturated carbocycles. The second-order valence-corrected chi connectivity index (χ2v) is 3.11. The molecule has 1 saturated heterocycles. The molecule has 0 aromatic carbocycles. The highest BCUT2D eigenvalue weighted by atomic mass is 15.1. The van der Waals surface area contributed by atoms with Crippen molar-refractivity contribution in [1.29, 1.82) is 0 Å². The van der Waals surface area contributed by atoms with Crippen molar-refractivity contribution in [1.82, 2.24) is 4.90 Å². The second-order valence-electron chi connectivity index (χ2n) is 3.11. The highest BCUT2D eigenvalue weighted by Gasteiger charge is 2.21. The van der Waals surface area contributed by atoms with Crippen LogP contribution in [0.15, 0.2) is 12.7 Å². The molecule has 1 aliphatic rings. The molecule has 0 aromatic heterocycles. The minimum absolute atomic E-state index is 0.341. The van der Waals surface area contributed by atoms with E-state index < -0.39 is 0 Å². The molecule has 58 valence electrons. The number of likely N-dealkylation sites (tertiary alicyclic amines) is 1. The van der Waals surface area contributed by atoms with Crippen molar-refractivity contribution in [3.63, 3.8) is 0 Å². The van der Waals surface area contributed by atoms with Gasteiger partial charge in [0.05, 0.1) is 0 Å². The molecule has 0 bridgehead atoms. The highest BCUT2D eigenvalue weighted by Crippen LogP contribution is 2.14. The van der Waals surface area contributed by atoms with E-state index in [1.165, 1.54) is 0 Å². The van der Waals surface area contributed by atoms with Crippen molar-refractivity contribution in [2.45, 2.75) is 12.5 Å². The third-order valence-electron chi connectivity index (χ3n) is 2.22. The number of hydrogen-bond acceptors (Lipinski definition) is 2. The van der Waals surface area contributed by atoms with Crippen molar-refractivity contribution in [3.05, 3.63) is 12.7 Å². The van der Waals surface area contributed by atoms with Gasteiger partial charge in [0, 0.05) is 18.5 Å². The van der Waals surface area contributed by atoms with E-state index in [1.807, 2.05) is 6.08 Å². The van der Waals surface area contributed by atoms with Crippen LogP contribution in [0.25, 0.3) is 0 Å². The molecule has 2 heteroatoms. The number of rotatable bonds is 1. The van der Waals surface area contributed by atoms with Crippen molar-refractivity contribution in [2.75, 3.05) is 20.1 Å². The van der Waals surface area contributed by atoms with Crippen LogP contribution in [-0.4, -0.2) is 31.1 Å². The molecule has 0 aliphatic carbocycles. The number of nitrogens with zero attached hydrogens (tertiary/aromatic N) is 1. The van der Waals surface area contributed by atoms with E-state index in [9.17, 15) is 0 Å². The molecule has 1 rings (SSSR count). The number of nitrogens with two attached hydrogens (primary N) is 1. The summed E-state index contributed by atoms with van der Waals surface area (Å²) in [5.41, 5.74) is 5.85. The van der Waals surface area contributed by atoms with Gasteiger partial charge in [-0.05, 0) is 20.0 Å². The first-order chi connectivity index (χ1) is 4.74.